The molecule has 0 unspecified atom stereocenters. The van der Waals surface area contributed by atoms with Gasteiger partial charge in [0.15, 0.2) is 0 Å². The van der Waals surface area contributed by atoms with Crippen LogP contribution in [0.1, 0.15) is 25.3 Å². The number of aliphatic hydroxyl groups is 1. The van der Waals surface area contributed by atoms with Crippen LogP contribution in [0, 0.1) is 5.92 Å². The minimum atomic E-state index is -0.206. The second kappa shape index (κ2) is 8.98. The fourth-order valence-electron chi connectivity index (χ4n) is 2.88. The van der Waals surface area contributed by atoms with Gasteiger partial charge in [-0.3, -0.25) is 0 Å². The highest BCUT2D eigenvalue weighted by Gasteiger charge is 2.19. The van der Waals surface area contributed by atoms with Gasteiger partial charge in [0.05, 0.1) is 6.10 Å². The topological polar surface area (TPSA) is 35.5 Å². The summed E-state index contributed by atoms with van der Waals surface area (Å²) in [4.78, 5) is 2.37. The van der Waals surface area contributed by atoms with Crippen LogP contribution in [0.3, 0.4) is 0 Å². The second-order valence-electron chi connectivity index (χ2n) is 6.06. The Morgan fingerprint density at radius 3 is 2.67 bits per heavy atom. The Kier molecular flexibility index (Phi) is 6.93. The molecule has 1 saturated heterocycles. The van der Waals surface area contributed by atoms with Crippen LogP contribution in [-0.2, 0) is 0 Å². The minimum absolute atomic E-state index is 0.206. The molecule has 0 bridgehead atoms. The molecule has 116 valence electrons. The third-order valence-corrected chi connectivity index (χ3v) is 4.03. The highest BCUT2D eigenvalue weighted by atomic mass is 16.3. The lowest BCUT2D eigenvalue weighted by Crippen LogP contribution is -2.40. The van der Waals surface area contributed by atoms with Crippen LogP contribution in [0.25, 0.3) is 6.08 Å². The fourth-order valence-corrected chi connectivity index (χ4v) is 2.88. The van der Waals surface area contributed by atoms with E-state index in [2.05, 4.69) is 46.6 Å². The number of likely N-dealkylation sites (tertiary alicyclic amines) is 1. The number of hydrogen-bond acceptors (Lipinski definition) is 3. The molecule has 0 aromatic heterocycles. The fraction of sp³-hybridized carbons (Fsp3) is 0.556. The summed E-state index contributed by atoms with van der Waals surface area (Å²) in [6, 6.07) is 10.4. The summed E-state index contributed by atoms with van der Waals surface area (Å²) in [5.41, 5.74) is 1.26. The summed E-state index contributed by atoms with van der Waals surface area (Å²) in [6.07, 6.45) is 6.63. The Bertz CT molecular complexity index is 408. The smallest absolute Gasteiger partial charge is 0.0639 e. The van der Waals surface area contributed by atoms with Crippen LogP contribution in [-0.4, -0.2) is 48.8 Å². The van der Waals surface area contributed by atoms with Gasteiger partial charge in [-0.2, -0.15) is 0 Å². The molecule has 1 aliphatic heterocycles. The average Bonchev–Trinajstić information content (AvgIpc) is 2.49. The first-order valence-electron chi connectivity index (χ1n) is 8.07. The quantitative estimate of drug-likeness (QED) is 0.756. The van der Waals surface area contributed by atoms with Crippen molar-refractivity contribution in [2.75, 3.05) is 32.7 Å². The Balaban J connectivity index is 1.57. The average molecular weight is 288 g/mol. The molecule has 0 spiro atoms. The van der Waals surface area contributed by atoms with E-state index in [-0.39, 0.29) is 6.10 Å². The molecule has 1 aromatic rings. The maximum atomic E-state index is 9.40. The zero-order valence-corrected chi connectivity index (χ0v) is 13.0. The summed E-state index contributed by atoms with van der Waals surface area (Å²) in [5.74, 6) is 0.778. The van der Waals surface area contributed by atoms with Gasteiger partial charge in [0.2, 0.25) is 0 Å². The van der Waals surface area contributed by atoms with E-state index < -0.39 is 0 Å². The van der Waals surface area contributed by atoms with E-state index in [9.17, 15) is 5.11 Å². The van der Waals surface area contributed by atoms with Crippen molar-refractivity contribution in [3.63, 3.8) is 0 Å². The zero-order chi connectivity index (χ0) is 14.9. The predicted octanol–water partition coefficient (Wildman–Crippen LogP) is 2.38. The largest absolute Gasteiger partial charge is 0.392 e. The van der Waals surface area contributed by atoms with E-state index in [1.807, 2.05) is 13.0 Å². The maximum Gasteiger partial charge on any atom is 0.0639 e. The molecule has 0 amide bonds. The van der Waals surface area contributed by atoms with Gasteiger partial charge < -0.3 is 15.3 Å². The van der Waals surface area contributed by atoms with Gasteiger partial charge in [-0.05, 0) is 50.9 Å². The molecule has 3 heteroatoms. The first kappa shape index (κ1) is 16.2. The molecular formula is C18H28N2O. The zero-order valence-electron chi connectivity index (χ0n) is 13.0. The second-order valence-corrected chi connectivity index (χ2v) is 6.06. The van der Waals surface area contributed by atoms with Crippen molar-refractivity contribution in [3.05, 3.63) is 42.0 Å². The van der Waals surface area contributed by atoms with Gasteiger partial charge in [0.1, 0.15) is 0 Å². The van der Waals surface area contributed by atoms with Crippen LogP contribution in [0.4, 0.5) is 0 Å². The van der Waals surface area contributed by atoms with Gasteiger partial charge in [0, 0.05) is 13.1 Å². The molecule has 1 atom stereocenters. The lowest BCUT2D eigenvalue weighted by atomic mass is 9.96. The van der Waals surface area contributed by atoms with Gasteiger partial charge >= 0.3 is 0 Å². The summed E-state index contributed by atoms with van der Waals surface area (Å²) >= 11 is 0. The first-order valence-corrected chi connectivity index (χ1v) is 8.07. The van der Waals surface area contributed by atoms with E-state index in [1.165, 1.54) is 18.4 Å². The predicted molar refractivity (Wildman–Crippen MR) is 89.2 cm³/mol. The molecule has 21 heavy (non-hydrogen) atoms. The Morgan fingerprint density at radius 1 is 1.29 bits per heavy atom. The third kappa shape index (κ3) is 6.42. The van der Waals surface area contributed by atoms with Crippen molar-refractivity contribution >= 4 is 6.08 Å². The van der Waals surface area contributed by atoms with Gasteiger partial charge in [-0.1, -0.05) is 42.5 Å². The first-order chi connectivity index (χ1) is 10.2. The Morgan fingerprint density at radius 2 is 2.00 bits per heavy atom. The van der Waals surface area contributed by atoms with E-state index in [0.717, 1.165) is 38.6 Å². The van der Waals surface area contributed by atoms with Crippen molar-refractivity contribution in [2.45, 2.75) is 25.9 Å². The Labute approximate surface area is 128 Å². The minimum Gasteiger partial charge on any atom is -0.392 e. The van der Waals surface area contributed by atoms with E-state index in [0.29, 0.717) is 0 Å². The number of piperidine rings is 1. The normalized spacial score (nSPS) is 19.1. The number of β-amino-alcohol motifs (C(OH)–C–C–N with tert-alkyl or cyclic N) is 1. The molecule has 2 N–H and O–H groups in total. The molecule has 0 aliphatic carbocycles. The van der Waals surface area contributed by atoms with Crippen LogP contribution >= 0.6 is 0 Å². The number of hydrogen-bond donors (Lipinski definition) is 2. The van der Waals surface area contributed by atoms with E-state index in [1.54, 1.807) is 0 Å². The highest BCUT2D eigenvalue weighted by Crippen LogP contribution is 2.16. The van der Waals surface area contributed by atoms with Crippen molar-refractivity contribution in [1.82, 2.24) is 10.2 Å². The molecule has 3 nitrogen and oxygen atoms in total. The van der Waals surface area contributed by atoms with Gasteiger partial charge in [-0.15, -0.1) is 0 Å². The molecule has 2 rings (SSSR count). The highest BCUT2D eigenvalue weighted by molar-refractivity contribution is 5.48. The van der Waals surface area contributed by atoms with Crippen molar-refractivity contribution in [2.24, 2.45) is 5.92 Å². The number of aliphatic hydroxyl groups excluding tert-OH is 1. The lowest BCUT2D eigenvalue weighted by molar-refractivity contribution is 0.100. The lowest BCUT2D eigenvalue weighted by Gasteiger charge is -2.32. The van der Waals surface area contributed by atoms with Crippen molar-refractivity contribution in [3.8, 4) is 0 Å². The SMILES string of the molecule is C[C@@H](O)CN1CCC(CNC/C=C/c2ccccc2)CC1. The number of nitrogens with zero attached hydrogens (tertiary/aromatic N) is 1. The van der Waals surface area contributed by atoms with E-state index >= 15 is 0 Å². The molecule has 1 aromatic carbocycles. The Hall–Kier alpha value is -1.16. The van der Waals surface area contributed by atoms with Gasteiger partial charge in [0.25, 0.3) is 0 Å². The molecule has 1 aliphatic rings. The number of benzene rings is 1. The number of rotatable bonds is 7. The monoisotopic (exact) mass is 288 g/mol. The molecule has 0 saturated carbocycles. The molecular weight excluding hydrogens is 260 g/mol. The van der Waals surface area contributed by atoms with Crippen LogP contribution in [0.15, 0.2) is 36.4 Å². The summed E-state index contributed by atoms with van der Waals surface area (Å²) in [6.45, 7) is 6.96. The van der Waals surface area contributed by atoms with Crippen molar-refractivity contribution < 1.29 is 5.11 Å². The molecule has 0 radical (unpaired) electrons. The van der Waals surface area contributed by atoms with Crippen LogP contribution in [0.5, 0.6) is 0 Å². The summed E-state index contributed by atoms with van der Waals surface area (Å²) in [5, 5.41) is 12.9. The summed E-state index contributed by atoms with van der Waals surface area (Å²) < 4.78 is 0. The van der Waals surface area contributed by atoms with Crippen molar-refractivity contribution in [1.29, 1.82) is 0 Å². The van der Waals surface area contributed by atoms with Crippen LogP contribution < -0.4 is 5.32 Å². The van der Waals surface area contributed by atoms with Gasteiger partial charge in [-0.25, -0.2) is 0 Å². The number of nitrogens with one attached hydrogen (secondary N) is 1. The van der Waals surface area contributed by atoms with Crippen LogP contribution in [0.2, 0.25) is 0 Å². The maximum absolute atomic E-state index is 9.40. The summed E-state index contributed by atoms with van der Waals surface area (Å²) in [7, 11) is 0. The third-order valence-electron chi connectivity index (χ3n) is 4.03. The molecule has 1 fully saturated rings. The molecule has 1 heterocycles. The standard InChI is InChI=1S/C18H28N2O/c1-16(21)15-20-12-9-18(10-13-20)14-19-11-5-8-17-6-3-2-4-7-17/h2-8,16,18-19,21H,9-15H2,1H3/b8-5+/t16-/m1/s1. The van der Waals surface area contributed by atoms with E-state index in [4.69, 9.17) is 0 Å².